The van der Waals surface area contributed by atoms with Gasteiger partial charge in [-0.05, 0) is 18.1 Å². The summed E-state index contributed by atoms with van der Waals surface area (Å²) in [5, 5.41) is 3.17. The van der Waals surface area contributed by atoms with Crippen molar-refractivity contribution in [3.63, 3.8) is 0 Å². The van der Waals surface area contributed by atoms with Gasteiger partial charge in [0.1, 0.15) is 6.67 Å². The van der Waals surface area contributed by atoms with Gasteiger partial charge in [-0.1, -0.05) is 42.5 Å². The van der Waals surface area contributed by atoms with Gasteiger partial charge in [-0.3, -0.25) is 4.79 Å². The first-order valence-electron chi connectivity index (χ1n) is 9.79. The fraction of sp³-hybridized carbons (Fsp3) is 0.409. The minimum absolute atomic E-state index is 0.132. The lowest BCUT2D eigenvalue weighted by molar-refractivity contribution is -0.151. The number of nitrogens with two attached hydrogens (primary N) is 1. The normalized spacial score (nSPS) is 17.9. The molecule has 1 aliphatic heterocycles. The highest BCUT2D eigenvalue weighted by atomic mass is 19.1. The number of halogens is 1. The molecule has 7 heteroatoms. The van der Waals surface area contributed by atoms with Crippen molar-refractivity contribution in [2.45, 2.75) is 25.2 Å². The number of hydrogen-bond donors (Lipinski definition) is 2. The van der Waals surface area contributed by atoms with Crippen LogP contribution in [0.3, 0.4) is 0 Å². The van der Waals surface area contributed by atoms with E-state index in [0.29, 0.717) is 49.7 Å². The van der Waals surface area contributed by atoms with Crippen LogP contribution in [0.4, 0.5) is 15.8 Å². The maximum atomic E-state index is 13.7. The van der Waals surface area contributed by atoms with Crippen molar-refractivity contribution in [2.75, 3.05) is 44.5 Å². The number of carbonyl (C=O) groups excluding carboxylic acids is 1. The van der Waals surface area contributed by atoms with E-state index in [1.165, 1.54) is 0 Å². The molecule has 3 rings (SSSR count). The van der Waals surface area contributed by atoms with E-state index >= 15 is 0 Å². The van der Waals surface area contributed by atoms with Crippen LogP contribution in [0, 0.1) is 0 Å². The van der Waals surface area contributed by atoms with Crippen LogP contribution in [0.1, 0.15) is 23.7 Å². The molecule has 0 saturated carbocycles. The van der Waals surface area contributed by atoms with Crippen LogP contribution in [0.25, 0.3) is 0 Å². The van der Waals surface area contributed by atoms with E-state index in [0.717, 1.165) is 5.56 Å². The monoisotopic (exact) mass is 401 g/mol. The highest BCUT2D eigenvalue weighted by Crippen LogP contribution is 2.34. The van der Waals surface area contributed by atoms with E-state index in [2.05, 4.69) is 5.32 Å². The van der Waals surface area contributed by atoms with Gasteiger partial charge >= 0.3 is 0 Å². The second kappa shape index (κ2) is 10.2. The smallest absolute Gasteiger partial charge is 0.256 e. The maximum Gasteiger partial charge on any atom is 0.256 e. The van der Waals surface area contributed by atoms with Gasteiger partial charge in [0.25, 0.3) is 5.91 Å². The summed E-state index contributed by atoms with van der Waals surface area (Å²) in [6, 6.07) is 14.6. The predicted molar refractivity (Wildman–Crippen MR) is 111 cm³/mol. The quantitative estimate of drug-likeness (QED) is 0.499. The Kier molecular flexibility index (Phi) is 7.43. The molecule has 3 N–H and O–H groups in total. The van der Waals surface area contributed by atoms with Crippen molar-refractivity contribution >= 4 is 17.3 Å². The maximum absolute atomic E-state index is 13.7. The first-order chi connectivity index (χ1) is 14.1. The Morgan fingerprint density at radius 1 is 1.28 bits per heavy atom. The molecule has 1 aliphatic rings. The number of nitrogens with one attached hydrogen (secondary N) is 1. The largest absolute Gasteiger partial charge is 0.397 e. The third kappa shape index (κ3) is 5.46. The Balaban J connectivity index is 1.63. The van der Waals surface area contributed by atoms with Gasteiger partial charge in [-0.15, -0.1) is 0 Å². The fourth-order valence-corrected chi connectivity index (χ4v) is 3.27. The lowest BCUT2D eigenvalue weighted by Crippen LogP contribution is -2.41. The SMILES string of the molecule is CN1CCOC(c2cccc(N)c2NC(CF)CCOCc2ccccc2)C1=O. The molecule has 0 radical (unpaired) electrons. The number of anilines is 2. The first-order valence-corrected chi connectivity index (χ1v) is 9.79. The Morgan fingerprint density at radius 2 is 2.07 bits per heavy atom. The molecule has 1 amide bonds. The van der Waals surface area contributed by atoms with Crippen molar-refractivity contribution in [3.8, 4) is 0 Å². The molecule has 6 nitrogen and oxygen atoms in total. The molecule has 0 bridgehead atoms. The lowest BCUT2D eigenvalue weighted by Gasteiger charge is -2.31. The van der Waals surface area contributed by atoms with E-state index in [1.807, 2.05) is 30.3 Å². The minimum atomic E-state index is -0.741. The molecule has 0 spiro atoms. The minimum Gasteiger partial charge on any atom is -0.397 e. The first kappa shape index (κ1) is 21.1. The Labute approximate surface area is 170 Å². The molecule has 2 unspecified atom stereocenters. The summed E-state index contributed by atoms with van der Waals surface area (Å²) >= 11 is 0. The molecule has 0 aliphatic carbocycles. The van der Waals surface area contributed by atoms with Crippen LogP contribution in [0.2, 0.25) is 0 Å². The van der Waals surface area contributed by atoms with Gasteiger partial charge in [0.2, 0.25) is 0 Å². The number of morpholine rings is 1. The second-order valence-corrected chi connectivity index (χ2v) is 7.14. The Hall–Kier alpha value is -2.64. The van der Waals surface area contributed by atoms with Crippen molar-refractivity contribution in [3.05, 3.63) is 59.7 Å². The summed E-state index contributed by atoms with van der Waals surface area (Å²) in [5.74, 6) is -0.132. The molecule has 0 aromatic heterocycles. The Bertz CT molecular complexity index is 803. The molecule has 1 heterocycles. The number of hydrogen-bond acceptors (Lipinski definition) is 5. The number of alkyl halides is 1. The van der Waals surface area contributed by atoms with Gasteiger partial charge in [0.15, 0.2) is 6.10 Å². The molecule has 2 aromatic carbocycles. The number of nitrogen functional groups attached to an aromatic ring is 1. The third-order valence-electron chi connectivity index (χ3n) is 4.98. The number of benzene rings is 2. The van der Waals surface area contributed by atoms with Crippen LogP contribution in [0.15, 0.2) is 48.5 Å². The number of para-hydroxylation sites is 1. The van der Waals surface area contributed by atoms with Gasteiger partial charge in [0, 0.05) is 25.8 Å². The molecule has 29 heavy (non-hydrogen) atoms. The van der Waals surface area contributed by atoms with Crippen molar-refractivity contribution in [1.29, 1.82) is 0 Å². The van der Waals surface area contributed by atoms with E-state index < -0.39 is 18.8 Å². The van der Waals surface area contributed by atoms with E-state index in [4.69, 9.17) is 15.2 Å². The zero-order chi connectivity index (χ0) is 20.6. The standard InChI is InChI=1S/C22H28FN3O3/c1-26-11-13-29-21(22(26)27)18-8-5-9-19(24)20(18)25-17(14-23)10-12-28-15-16-6-3-2-4-7-16/h2-9,17,21,25H,10-15,24H2,1H3. The lowest BCUT2D eigenvalue weighted by atomic mass is 10.0. The number of likely N-dealkylation sites (N-methyl/N-ethyl adjacent to an activating group) is 1. The summed E-state index contributed by atoms with van der Waals surface area (Å²) in [6.07, 6.45) is -0.273. The summed E-state index contributed by atoms with van der Waals surface area (Å²) in [7, 11) is 1.74. The van der Waals surface area contributed by atoms with Crippen LogP contribution >= 0.6 is 0 Å². The molecule has 1 saturated heterocycles. The summed E-state index contributed by atoms with van der Waals surface area (Å²) in [5.41, 5.74) is 8.85. The number of carbonyl (C=O) groups is 1. The zero-order valence-electron chi connectivity index (χ0n) is 16.6. The van der Waals surface area contributed by atoms with Gasteiger partial charge in [-0.2, -0.15) is 0 Å². The topological polar surface area (TPSA) is 76.8 Å². The van der Waals surface area contributed by atoms with Gasteiger partial charge in [0.05, 0.1) is 30.6 Å². The van der Waals surface area contributed by atoms with Crippen LogP contribution in [-0.2, 0) is 20.9 Å². The Morgan fingerprint density at radius 3 is 2.83 bits per heavy atom. The second-order valence-electron chi connectivity index (χ2n) is 7.14. The third-order valence-corrected chi connectivity index (χ3v) is 4.98. The van der Waals surface area contributed by atoms with E-state index in [1.54, 1.807) is 30.1 Å². The average Bonchev–Trinajstić information content (AvgIpc) is 2.74. The number of amides is 1. The van der Waals surface area contributed by atoms with Crippen LogP contribution < -0.4 is 11.1 Å². The van der Waals surface area contributed by atoms with E-state index in [9.17, 15) is 9.18 Å². The molecule has 2 atom stereocenters. The van der Waals surface area contributed by atoms with Crippen LogP contribution in [-0.4, -0.2) is 50.3 Å². The summed E-state index contributed by atoms with van der Waals surface area (Å²) < 4.78 is 25.0. The molecule has 2 aromatic rings. The molecular formula is C22H28FN3O3. The highest BCUT2D eigenvalue weighted by molar-refractivity contribution is 5.86. The molecule has 1 fully saturated rings. The van der Waals surface area contributed by atoms with Crippen LogP contribution in [0.5, 0.6) is 0 Å². The average molecular weight is 401 g/mol. The number of rotatable bonds is 9. The van der Waals surface area contributed by atoms with E-state index in [-0.39, 0.29) is 5.91 Å². The van der Waals surface area contributed by atoms with Crippen molar-refractivity contribution in [2.24, 2.45) is 0 Å². The zero-order valence-corrected chi connectivity index (χ0v) is 16.6. The predicted octanol–water partition coefficient (Wildman–Crippen LogP) is 3.16. The van der Waals surface area contributed by atoms with Gasteiger partial charge < -0.3 is 25.4 Å². The molecular weight excluding hydrogens is 373 g/mol. The van der Waals surface area contributed by atoms with Crippen molar-refractivity contribution in [1.82, 2.24) is 4.90 Å². The summed E-state index contributed by atoms with van der Waals surface area (Å²) in [6.45, 7) is 1.30. The van der Waals surface area contributed by atoms with Gasteiger partial charge in [-0.25, -0.2) is 4.39 Å². The highest BCUT2D eigenvalue weighted by Gasteiger charge is 2.31. The number of ether oxygens (including phenoxy) is 2. The summed E-state index contributed by atoms with van der Waals surface area (Å²) in [4.78, 5) is 14.2. The fourth-order valence-electron chi connectivity index (χ4n) is 3.27. The molecule has 156 valence electrons. The number of nitrogens with zero attached hydrogens (tertiary/aromatic N) is 1. The van der Waals surface area contributed by atoms with Crippen molar-refractivity contribution < 1.29 is 18.7 Å².